The van der Waals surface area contributed by atoms with Crippen molar-refractivity contribution in [2.75, 3.05) is 13.1 Å². The van der Waals surface area contributed by atoms with Gasteiger partial charge in [-0.25, -0.2) is 0 Å². The van der Waals surface area contributed by atoms with Gasteiger partial charge in [0.2, 0.25) is 0 Å². The highest BCUT2D eigenvalue weighted by molar-refractivity contribution is 6.77. The molecule has 0 spiro atoms. The van der Waals surface area contributed by atoms with Gasteiger partial charge in [-0.15, -0.1) is 0 Å². The zero-order valence-corrected chi connectivity index (χ0v) is 9.94. The van der Waals surface area contributed by atoms with Gasteiger partial charge in [0.15, 0.2) is 0 Å². The molecule has 2 heteroatoms. The molecule has 68 valence electrons. The highest BCUT2D eigenvalue weighted by atomic mass is 28.3. The summed E-state index contributed by atoms with van der Waals surface area (Å²) in [6, 6.07) is 0. The van der Waals surface area contributed by atoms with Crippen LogP contribution in [0, 0.1) is 0 Å². The molecule has 1 atom stereocenters. The van der Waals surface area contributed by atoms with Crippen LogP contribution in [0.1, 0.15) is 20.8 Å². The third-order valence-corrected chi connectivity index (χ3v) is 5.49. The molecular weight excluding hydrogens is 150 g/mol. The molecule has 1 unspecified atom stereocenters. The first-order valence-corrected chi connectivity index (χ1v) is 8.25. The Hall–Kier alpha value is 0.177. The normalized spacial score (nSPS) is 15.5. The quantitative estimate of drug-likeness (QED) is 0.591. The average Bonchev–Trinajstić information content (AvgIpc) is 1.88. The van der Waals surface area contributed by atoms with Crippen molar-refractivity contribution < 1.29 is 0 Å². The lowest BCUT2D eigenvalue weighted by atomic mass is 10.5. The van der Waals surface area contributed by atoms with Gasteiger partial charge in [-0.3, -0.25) is 0 Å². The topological polar surface area (TPSA) is 3.24 Å². The monoisotopic (exact) mass is 173 g/mol. The summed E-state index contributed by atoms with van der Waals surface area (Å²) in [5.41, 5.74) is 0.817. The van der Waals surface area contributed by atoms with Crippen LogP contribution in [0.15, 0.2) is 0 Å². The van der Waals surface area contributed by atoms with Crippen molar-refractivity contribution in [3.05, 3.63) is 0 Å². The Kier molecular flexibility index (Phi) is 4.33. The third kappa shape index (κ3) is 3.39. The van der Waals surface area contributed by atoms with E-state index in [1.807, 2.05) is 0 Å². The second kappa shape index (κ2) is 4.26. The molecule has 0 N–H and O–H groups in total. The fourth-order valence-electron chi connectivity index (χ4n) is 1.32. The van der Waals surface area contributed by atoms with Crippen molar-refractivity contribution in [2.24, 2.45) is 0 Å². The van der Waals surface area contributed by atoms with Crippen LogP contribution >= 0.6 is 0 Å². The molecule has 0 rings (SSSR count). The van der Waals surface area contributed by atoms with E-state index in [0.717, 1.165) is 5.67 Å². The zero-order valence-electron chi connectivity index (χ0n) is 8.94. The Balaban J connectivity index is 4.09. The van der Waals surface area contributed by atoms with E-state index in [9.17, 15) is 0 Å². The summed E-state index contributed by atoms with van der Waals surface area (Å²) in [5.74, 6) is 0. The summed E-state index contributed by atoms with van der Waals surface area (Å²) in [6.45, 7) is 16.6. The van der Waals surface area contributed by atoms with Gasteiger partial charge in [0.05, 0.1) is 8.07 Å². The van der Waals surface area contributed by atoms with Crippen LogP contribution < -0.4 is 0 Å². The molecular formula is C9H23NSi. The van der Waals surface area contributed by atoms with Crippen LogP contribution in [0.25, 0.3) is 0 Å². The van der Waals surface area contributed by atoms with Crippen molar-refractivity contribution in [1.82, 2.24) is 4.90 Å². The second-order valence-corrected chi connectivity index (χ2v) is 9.83. The number of hydrogen-bond donors (Lipinski definition) is 0. The smallest absolute Gasteiger partial charge is 0.0634 e. The molecule has 1 nitrogen and oxygen atoms in total. The first kappa shape index (κ1) is 11.2. The van der Waals surface area contributed by atoms with Crippen LogP contribution in [0.5, 0.6) is 0 Å². The second-order valence-electron chi connectivity index (χ2n) is 4.26. The van der Waals surface area contributed by atoms with E-state index in [1.54, 1.807) is 0 Å². The molecule has 0 saturated carbocycles. The van der Waals surface area contributed by atoms with Crippen molar-refractivity contribution in [3.8, 4) is 0 Å². The highest BCUT2D eigenvalue weighted by Crippen LogP contribution is 2.13. The van der Waals surface area contributed by atoms with Crippen molar-refractivity contribution in [2.45, 2.75) is 46.1 Å². The molecule has 0 heterocycles. The summed E-state index contributed by atoms with van der Waals surface area (Å²) in [4.78, 5) is 2.56. The minimum absolute atomic E-state index is 0.817. The Labute approximate surface area is 72.8 Å². The van der Waals surface area contributed by atoms with E-state index < -0.39 is 8.07 Å². The molecule has 11 heavy (non-hydrogen) atoms. The molecule has 0 aromatic rings. The molecule has 0 aromatic heterocycles. The molecule has 0 aliphatic rings. The number of hydrogen-bond acceptors (Lipinski definition) is 1. The predicted octanol–water partition coefficient (Wildman–Crippen LogP) is 2.59. The summed E-state index contributed by atoms with van der Waals surface area (Å²) in [6.07, 6.45) is 0. The van der Waals surface area contributed by atoms with Gasteiger partial charge in [-0.1, -0.05) is 40.4 Å². The van der Waals surface area contributed by atoms with E-state index in [0.29, 0.717) is 0 Å². The lowest BCUT2D eigenvalue weighted by Crippen LogP contribution is -2.48. The fourth-order valence-corrected chi connectivity index (χ4v) is 2.78. The Bertz CT molecular complexity index is 103. The van der Waals surface area contributed by atoms with Gasteiger partial charge in [0.1, 0.15) is 0 Å². The molecule has 0 bridgehead atoms. The maximum absolute atomic E-state index is 2.56. The van der Waals surface area contributed by atoms with Crippen LogP contribution in [-0.2, 0) is 0 Å². The molecule has 0 saturated heterocycles. The van der Waals surface area contributed by atoms with Gasteiger partial charge < -0.3 is 4.90 Å². The largest absolute Gasteiger partial charge is 0.304 e. The summed E-state index contributed by atoms with van der Waals surface area (Å²) >= 11 is 0. The van der Waals surface area contributed by atoms with Gasteiger partial charge in [-0.05, 0) is 13.1 Å². The van der Waals surface area contributed by atoms with Gasteiger partial charge in [0.25, 0.3) is 0 Å². The maximum atomic E-state index is 2.56. The van der Waals surface area contributed by atoms with Crippen LogP contribution in [0.2, 0.25) is 19.6 Å². The van der Waals surface area contributed by atoms with Crippen LogP contribution in [0.3, 0.4) is 0 Å². The van der Waals surface area contributed by atoms with Crippen molar-refractivity contribution in [3.63, 3.8) is 0 Å². The average molecular weight is 173 g/mol. The molecule has 0 aliphatic carbocycles. The Morgan fingerprint density at radius 1 is 1.09 bits per heavy atom. The summed E-state index contributed by atoms with van der Waals surface area (Å²) in [7, 11) is -0.940. The minimum atomic E-state index is -0.940. The standard InChI is InChI=1S/C9H23NSi/c1-7-10(8-2)9(3)11(4,5)6/h9H,7-8H2,1-6H3. The van der Waals surface area contributed by atoms with Crippen molar-refractivity contribution >= 4 is 8.07 Å². The lowest BCUT2D eigenvalue weighted by Gasteiger charge is -2.35. The number of rotatable bonds is 4. The Morgan fingerprint density at radius 2 is 1.45 bits per heavy atom. The Morgan fingerprint density at radius 3 is 1.55 bits per heavy atom. The first-order chi connectivity index (χ1) is 4.93. The predicted molar refractivity (Wildman–Crippen MR) is 55.7 cm³/mol. The van der Waals surface area contributed by atoms with Gasteiger partial charge in [-0.2, -0.15) is 0 Å². The van der Waals surface area contributed by atoms with Gasteiger partial charge in [0, 0.05) is 5.67 Å². The SMILES string of the molecule is CCN(CC)C(C)[Si](C)(C)C. The lowest BCUT2D eigenvalue weighted by molar-refractivity contribution is 0.283. The highest BCUT2D eigenvalue weighted by Gasteiger charge is 2.25. The van der Waals surface area contributed by atoms with E-state index in [-0.39, 0.29) is 0 Å². The van der Waals surface area contributed by atoms with Crippen LogP contribution in [0.4, 0.5) is 0 Å². The van der Waals surface area contributed by atoms with E-state index in [4.69, 9.17) is 0 Å². The van der Waals surface area contributed by atoms with E-state index in [1.165, 1.54) is 13.1 Å². The zero-order chi connectivity index (χ0) is 9.07. The summed E-state index contributed by atoms with van der Waals surface area (Å²) < 4.78 is 0. The molecule has 0 fully saturated rings. The summed E-state index contributed by atoms with van der Waals surface area (Å²) in [5, 5.41) is 0. The van der Waals surface area contributed by atoms with E-state index >= 15 is 0 Å². The molecule has 0 aromatic carbocycles. The number of nitrogens with zero attached hydrogens (tertiary/aromatic N) is 1. The van der Waals surface area contributed by atoms with Gasteiger partial charge >= 0.3 is 0 Å². The maximum Gasteiger partial charge on any atom is 0.0634 e. The third-order valence-electron chi connectivity index (χ3n) is 2.61. The van der Waals surface area contributed by atoms with Crippen LogP contribution in [-0.4, -0.2) is 31.7 Å². The fraction of sp³-hybridized carbons (Fsp3) is 1.00. The van der Waals surface area contributed by atoms with Crippen molar-refractivity contribution in [1.29, 1.82) is 0 Å². The first-order valence-electron chi connectivity index (χ1n) is 4.67. The van der Waals surface area contributed by atoms with E-state index in [2.05, 4.69) is 45.3 Å². The minimum Gasteiger partial charge on any atom is -0.304 e. The molecule has 0 radical (unpaired) electrons. The molecule has 0 aliphatic heterocycles. The molecule has 0 amide bonds.